The number of hydrogen-bond donors (Lipinski definition) is 0. The molecule has 2 aromatic carbocycles. The molecule has 0 unspecified atom stereocenters. The lowest BCUT2D eigenvalue weighted by atomic mass is 10.1. The predicted molar refractivity (Wildman–Crippen MR) is 78.9 cm³/mol. The number of fused-ring (bicyclic) bond motifs is 1. The van der Waals surface area contributed by atoms with Crippen LogP contribution in [0.3, 0.4) is 0 Å². The topological polar surface area (TPSA) is 36.3 Å². The molecule has 0 radical (unpaired) electrons. The van der Waals surface area contributed by atoms with Gasteiger partial charge in [-0.1, -0.05) is 12.1 Å². The van der Waals surface area contributed by atoms with Crippen molar-refractivity contribution < 1.29 is 9.13 Å². The van der Waals surface area contributed by atoms with Crippen LogP contribution >= 0.6 is 0 Å². The molecular weight excluding hydrogens is 267 g/mol. The Bertz CT molecular complexity index is 721. The molecule has 0 N–H and O–H groups in total. The van der Waals surface area contributed by atoms with Gasteiger partial charge in [-0.25, -0.2) is 4.39 Å². The van der Waals surface area contributed by atoms with E-state index in [0.29, 0.717) is 17.9 Å². The van der Waals surface area contributed by atoms with E-state index in [-0.39, 0.29) is 5.82 Å². The molecule has 0 spiro atoms. The van der Waals surface area contributed by atoms with E-state index in [0.717, 1.165) is 24.2 Å². The fraction of sp³-hybridized carbons (Fsp3) is 0.235. The number of hydrogen-bond acceptors (Lipinski definition) is 3. The fourth-order valence-electron chi connectivity index (χ4n) is 2.74. The van der Waals surface area contributed by atoms with Crippen molar-refractivity contribution in [2.24, 2.45) is 0 Å². The molecule has 3 rings (SSSR count). The van der Waals surface area contributed by atoms with E-state index in [2.05, 4.69) is 11.0 Å². The smallest absolute Gasteiger partial charge is 0.136 e. The Hall–Kier alpha value is -2.54. The molecule has 0 aromatic heterocycles. The quantitative estimate of drug-likeness (QED) is 0.867. The van der Waals surface area contributed by atoms with Gasteiger partial charge >= 0.3 is 0 Å². The second-order valence-electron chi connectivity index (χ2n) is 5.09. The summed E-state index contributed by atoms with van der Waals surface area (Å²) < 4.78 is 18.6. The SMILES string of the molecule is COc1ccc(CN2CCc3ccc(F)cc32)cc1C#N. The minimum absolute atomic E-state index is 0.215. The fourth-order valence-corrected chi connectivity index (χ4v) is 2.74. The van der Waals surface area contributed by atoms with Crippen LogP contribution in [-0.4, -0.2) is 13.7 Å². The van der Waals surface area contributed by atoms with Crippen LogP contribution in [0.1, 0.15) is 16.7 Å². The summed E-state index contributed by atoms with van der Waals surface area (Å²) in [6.07, 6.45) is 0.927. The summed E-state index contributed by atoms with van der Waals surface area (Å²) in [5, 5.41) is 9.14. The molecule has 0 aliphatic carbocycles. The Balaban J connectivity index is 1.86. The van der Waals surface area contributed by atoms with Crippen molar-refractivity contribution in [2.45, 2.75) is 13.0 Å². The van der Waals surface area contributed by atoms with Crippen LogP contribution in [-0.2, 0) is 13.0 Å². The van der Waals surface area contributed by atoms with Gasteiger partial charge in [0, 0.05) is 18.8 Å². The van der Waals surface area contributed by atoms with Gasteiger partial charge in [0.1, 0.15) is 17.6 Å². The molecule has 0 amide bonds. The van der Waals surface area contributed by atoms with Gasteiger partial charge < -0.3 is 9.64 Å². The minimum atomic E-state index is -0.215. The van der Waals surface area contributed by atoms with Crippen molar-refractivity contribution in [2.75, 3.05) is 18.6 Å². The highest BCUT2D eigenvalue weighted by atomic mass is 19.1. The molecule has 0 bridgehead atoms. The zero-order chi connectivity index (χ0) is 14.8. The normalized spacial score (nSPS) is 12.9. The van der Waals surface area contributed by atoms with Crippen LogP contribution in [0.5, 0.6) is 5.75 Å². The van der Waals surface area contributed by atoms with E-state index in [1.807, 2.05) is 18.2 Å². The molecule has 1 aliphatic rings. The maximum absolute atomic E-state index is 13.4. The highest BCUT2D eigenvalue weighted by molar-refractivity contribution is 5.58. The Morgan fingerprint density at radius 3 is 2.90 bits per heavy atom. The van der Waals surface area contributed by atoms with E-state index < -0.39 is 0 Å². The molecule has 4 heteroatoms. The second kappa shape index (κ2) is 5.45. The molecule has 2 aromatic rings. The van der Waals surface area contributed by atoms with Crippen LogP contribution in [0.4, 0.5) is 10.1 Å². The van der Waals surface area contributed by atoms with Gasteiger partial charge in [-0.15, -0.1) is 0 Å². The number of nitrogens with zero attached hydrogens (tertiary/aromatic N) is 2. The third-order valence-electron chi connectivity index (χ3n) is 3.80. The minimum Gasteiger partial charge on any atom is -0.495 e. The van der Waals surface area contributed by atoms with Gasteiger partial charge in [0.25, 0.3) is 0 Å². The Morgan fingerprint density at radius 2 is 2.14 bits per heavy atom. The average Bonchev–Trinajstić information content (AvgIpc) is 2.89. The number of benzene rings is 2. The number of ether oxygens (including phenoxy) is 1. The van der Waals surface area contributed by atoms with E-state index >= 15 is 0 Å². The van der Waals surface area contributed by atoms with Crippen molar-refractivity contribution in [3.05, 3.63) is 58.9 Å². The van der Waals surface area contributed by atoms with Crippen LogP contribution in [0.25, 0.3) is 0 Å². The highest BCUT2D eigenvalue weighted by Crippen LogP contribution is 2.30. The summed E-state index contributed by atoms with van der Waals surface area (Å²) in [5.41, 5.74) is 3.66. The van der Waals surface area contributed by atoms with E-state index in [1.54, 1.807) is 19.2 Å². The molecule has 1 aliphatic heterocycles. The third kappa shape index (κ3) is 2.55. The van der Waals surface area contributed by atoms with Crippen molar-refractivity contribution >= 4 is 5.69 Å². The van der Waals surface area contributed by atoms with Gasteiger partial charge in [0.05, 0.1) is 12.7 Å². The molecule has 0 saturated heterocycles. The summed E-state index contributed by atoms with van der Waals surface area (Å²) >= 11 is 0. The van der Waals surface area contributed by atoms with Gasteiger partial charge in [-0.3, -0.25) is 0 Å². The Labute approximate surface area is 123 Å². The number of rotatable bonds is 3. The molecule has 3 nitrogen and oxygen atoms in total. The lowest BCUT2D eigenvalue weighted by Gasteiger charge is -2.20. The molecule has 21 heavy (non-hydrogen) atoms. The second-order valence-corrected chi connectivity index (χ2v) is 5.09. The lowest BCUT2D eigenvalue weighted by Crippen LogP contribution is -2.19. The Kier molecular flexibility index (Phi) is 3.49. The average molecular weight is 282 g/mol. The molecule has 0 atom stereocenters. The molecule has 0 saturated carbocycles. The van der Waals surface area contributed by atoms with Crippen LogP contribution < -0.4 is 9.64 Å². The van der Waals surface area contributed by atoms with Crippen LogP contribution in [0, 0.1) is 17.1 Å². The number of anilines is 1. The molecular formula is C17H15FN2O. The predicted octanol–water partition coefficient (Wildman–Crippen LogP) is 3.27. The maximum atomic E-state index is 13.4. The summed E-state index contributed by atoms with van der Waals surface area (Å²) in [6, 6.07) is 12.6. The van der Waals surface area contributed by atoms with E-state index in [1.165, 1.54) is 11.6 Å². The standard InChI is InChI=1S/C17H15FN2O/c1-21-17-5-2-12(8-14(17)10-19)11-20-7-6-13-3-4-15(18)9-16(13)20/h2-5,8-9H,6-7,11H2,1H3. The zero-order valence-corrected chi connectivity index (χ0v) is 11.8. The van der Waals surface area contributed by atoms with Gasteiger partial charge in [0.2, 0.25) is 0 Å². The van der Waals surface area contributed by atoms with Gasteiger partial charge in [-0.2, -0.15) is 5.26 Å². The first-order chi connectivity index (χ1) is 10.2. The molecule has 0 fully saturated rings. The summed E-state index contributed by atoms with van der Waals surface area (Å²) in [7, 11) is 1.55. The molecule has 1 heterocycles. The van der Waals surface area contributed by atoms with Crippen molar-refractivity contribution in [3.8, 4) is 11.8 Å². The number of nitriles is 1. The largest absolute Gasteiger partial charge is 0.495 e. The monoisotopic (exact) mass is 282 g/mol. The van der Waals surface area contributed by atoms with E-state index in [4.69, 9.17) is 10.00 Å². The first-order valence-corrected chi connectivity index (χ1v) is 6.81. The first-order valence-electron chi connectivity index (χ1n) is 6.81. The third-order valence-corrected chi connectivity index (χ3v) is 3.80. The first kappa shape index (κ1) is 13.4. The van der Waals surface area contributed by atoms with Crippen molar-refractivity contribution in [1.29, 1.82) is 5.26 Å². The Morgan fingerprint density at radius 1 is 1.29 bits per heavy atom. The van der Waals surface area contributed by atoms with E-state index in [9.17, 15) is 4.39 Å². The lowest BCUT2D eigenvalue weighted by molar-refractivity contribution is 0.413. The molecule has 106 valence electrons. The number of methoxy groups -OCH3 is 1. The van der Waals surface area contributed by atoms with Crippen molar-refractivity contribution in [3.63, 3.8) is 0 Å². The zero-order valence-electron chi connectivity index (χ0n) is 11.8. The number of halogens is 1. The highest BCUT2D eigenvalue weighted by Gasteiger charge is 2.20. The summed E-state index contributed by atoms with van der Waals surface area (Å²) in [4.78, 5) is 2.14. The van der Waals surface area contributed by atoms with Crippen LogP contribution in [0.2, 0.25) is 0 Å². The summed E-state index contributed by atoms with van der Waals surface area (Å²) in [6.45, 7) is 1.53. The van der Waals surface area contributed by atoms with Gasteiger partial charge in [0.15, 0.2) is 0 Å². The van der Waals surface area contributed by atoms with Crippen molar-refractivity contribution in [1.82, 2.24) is 0 Å². The summed E-state index contributed by atoms with van der Waals surface area (Å²) in [5.74, 6) is 0.363. The van der Waals surface area contributed by atoms with Crippen LogP contribution in [0.15, 0.2) is 36.4 Å². The maximum Gasteiger partial charge on any atom is 0.136 e. The van der Waals surface area contributed by atoms with Gasteiger partial charge in [-0.05, 0) is 41.8 Å².